The molecule has 0 amide bonds. The van der Waals surface area contributed by atoms with E-state index in [4.69, 9.17) is 4.74 Å². The predicted octanol–water partition coefficient (Wildman–Crippen LogP) is 2.47. The van der Waals surface area contributed by atoms with Gasteiger partial charge in [-0.1, -0.05) is 11.8 Å². The van der Waals surface area contributed by atoms with Crippen LogP contribution in [0, 0.1) is 10.1 Å². The number of aromatic nitrogens is 1. The molecule has 0 aromatic carbocycles. The van der Waals surface area contributed by atoms with Gasteiger partial charge in [0.15, 0.2) is 0 Å². The van der Waals surface area contributed by atoms with Crippen LogP contribution < -0.4 is 5.32 Å². The van der Waals surface area contributed by atoms with Gasteiger partial charge < -0.3 is 10.1 Å². The number of carbonyl (C=O) groups excluding carboxylic acids is 1. The van der Waals surface area contributed by atoms with Crippen molar-refractivity contribution >= 4 is 29.2 Å². The third kappa shape index (κ3) is 5.43. The summed E-state index contributed by atoms with van der Waals surface area (Å²) in [4.78, 5) is 26.0. The Hall–Kier alpha value is -1.83. The fraction of sp³-hybridized carbons (Fsp3) is 0.500. The number of hydrogen-bond donors (Lipinski definition) is 1. The summed E-state index contributed by atoms with van der Waals surface area (Å²) < 4.78 is 5.16. The largest absolute Gasteiger partial charge is 0.459 e. The first-order valence-corrected chi connectivity index (χ1v) is 6.88. The number of esters is 1. The fourth-order valence-electron chi connectivity index (χ4n) is 1.30. The Kier molecular flexibility index (Phi) is 5.32. The van der Waals surface area contributed by atoms with Crippen LogP contribution in [-0.4, -0.2) is 34.3 Å². The molecule has 1 N–H and O–H groups in total. The van der Waals surface area contributed by atoms with Crippen LogP contribution in [-0.2, 0) is 9.53 Å². The Bertz CT molecular complexity index is 514. The van der Waals surface area contributed by atoms with E-state index in [1.807, 2.05) is 0 Å². The van der Waals surface area contributed by atoms with Gasteiger partial charge in [0.2, 0.25) is 0 Å². The second kappa shape index (κ2) is 6.56. The van der Waals surface area contributed by atoms with Crippen LogP contribution in [0.2, 0.25) is 0 Å². The summed E-state index contributed by atoms with van der Waals surface area (Å²) in [6, 6.07) is 2.66. The molecular weight excluding hydrogens is 282 g/mol. The van der Waals surface area contributed by atoms with Gasteiger partial charge in [-0.15, -0.1) is 0 Å². The number of rotatable bonds is 5. The van der Waals surface area contributed by atoms with E-state index < -0.39 is 10.5 Å². The molecule has 1 rings (SSSR count). The third-order valence-corrected chi connectivity index (χ3v) is 2.90. The molecule has 0 saturated carbocycles. The number of nitrogens with one attached hydrogen (secondary N) is 1. The smallest absolute Gasteiger partial charge is 0.316 e. The zero-order valence-electron chi connectivity index (χ0n) is 11.8. The number of carbonyl (C=O) groups is 1. The Morgan fingerprint density at radius 2 is 2.15 bits per heavy atom. The summed E-state index contributed by atoms with van der Waals surface area (Å²) in [6.07, 6.45) is 0. The van der Waals surface area contributed by atoms with Crippen molar-refractivity contribution in [1.82, 2.24) is 4.98 Å². The molecule has 0 aliphatic rings. The molecule has 20 heavy (non-hydrogen) atoms. The quantitative estimate of drug-likeness (QED) is 0.386. The summed E-state index contributed by atoms with van der Waals surface area (Å²) in [5, 5.41) is 13.9. The molecule has 7 nitrogen and oxygen atoms in total. The van der Waals surface area contributed by atoms with Crippen molar-refractivity contribution < 1.29 is 14.5 Å². The third-order valence-electron chi connectivity index (χ3n) is 2.01. The summed E-state index contributed by atoms with van der Waals surface area (Å²) >= 11 is 1.10. The summed E-state index contributed by atoms with van der Waals surface area (Å²) in [5.41, 5.74) is -0.625. The maximum absolute atomic E-state index is 11.6. The molecule has 0 aliphatic carbocycles. The Balaban J connectivity index is 2.75. The normalized spacial score (nSPS) is 11.0. The second-order valence-corrected chi connectivity index (χ2v) is 5.93. The lowest BCUT2D eigenvalue weighted by molar-refractivity contribution is -0.385. The van der Waals surface area contributed by atoms with Gasteiger partial charge in [-0.25, -0.2) is 4.98 Å². The highest BCUT2D eigenvalue weighted by Crippen LogP contribution is 2.24. The molecule has 0 saturated heterocycles. The molecular formula is C12H17N3O4S. The maximum atomic E-state index is 11.6. The number of pyridine rings is 1. The number of ether oxygens (including phenoxy) is 1. The summed E-state index contributed by atoms with van der Waals surface area (Å²) in [5.74, 6) is 0.0434. The van der Waals surface area contributed by atoms with Gasteiger partial charge in [0, 0.05) is 13.1 Å². The lowest BCUT2D eigenvalue weighted by atomic mass is 10.2. The van der Waals surface area contributed by atoms with Gasteiger partial charge in [-0.3, -0.25) is 14.9 Å². The molecule has 1 heterocycles. The standard InChI is InChI=1S/C12H17N3O4S/c1-12(2,3)19-11(16)7-20-10-6-8(15(17)18)5-9(13-4)14-10/h5-6H,7H2,1-4H3,(H,13,14). The van der Waals surface area contributed by atoms with Gasteiger partial charge >= 0.3 is 5.97 Å². The van der Waals surface area contributed by atoms with Crippen LogP contribution in [0.25, 0.3) is 0 Å². The molecule has 0 atom stereocenters. The monoisotopic (exact) mass is 299 g/mol. The van der Waals surface area contributed by atoms with Crippen molar-refractivity contribution in [2.75, 3.05) is 18.1 Å². The maximum Gasteiger partial charge on any atom is 0.316 e. The minimum absolute atomic E-state index is 0.0502. The van der Waals surface area contributed by atoms with Crippen LogP contribution >= 0.6 is 11.8 Å². The van der Waals surface area contributed by atoms with Crippen LogP contribution in [0.3, 0.4) is 0 Å². The van der Waals surface area contributed by atoms with E-state index in [0.29, 0.717) is 10.8 Å². The molecule has 8 heteroatoms. The van der Waals surface area contributed by atoms with Crippen molar-refractivity contribution in [1.29, 1.82) is 0 Å². The number of nitrogens with zero attached hydrogens (tertiary/aromatic N) is 2. The van der Waals surface area contributed by atoms with Gasteiger partial charge in [0.25, 0.3) is 5.69 Å². The molecule has 110 valence electrons. The minimum Gasteiger partial charge on any atom is -0.459 e. The highest BCUT2D eigenvalue weighted by molar-refractivity contribution is 7.99. The molecule has 0 bridgehead atoms. The number of nitro groups is 1. The van der Waals surface area contributed by atoms with Gasteiger partial charge in [0.05, 0.1) is 16.7 Å². The summed E-state index contributed by atoms with van der Waals surface area (Å²) in [7, 11) is 1.62. The molecule has 1 aromatic heterocycles. The second-order valence-electron chi connectivity index (χ2n) is 4.93. The highest BCUT2D eigenvalue weighted by Gasteiger charge is 2.17. The van der Waals surface area contributed by atoms with Crippen LogP contribution in [0.4, 0.5) is 11.5 Å². The number of thioether (sulfide) groups is 1. The van der Waals surface area contributed by atoms with Crippen LogP contribution in [0.5, 0.6) is 0 Å². The van der Waals surface area contributed by atoms with E-state index in [0.717, 1.165) is 11.8 Å². The molecule has 0 aliphatic heterocycles. The molecule has 1 aromatic rings. The summed E-state index contributed by atoms with van der Waals surface area (Å²) in [6.45, 7) is 5.33. The van der Waals surface area contributed by atoms with E-state index in [9.17, 15) is 14.9 Å². The van der Waals surface area contributed by atoms with Crippen LogP contribution in [0.1, 0.15) is 20.8 Å². The van der Waals surface area contributed by atoms with Crippen molar-refractivity contribution in [3.05, 3.63) is 22.2 Å². The van der Waals surface area contributed by atoms with E-state index in [-0.39, 0.29) is 17.4 Å². The van der Waals surface area contributed by atoms with Gasteiger partial charge in [-0.2, -0.15) is 0 Å². The Morgan fingerprint density at radius 3 is 2.65 bits per heavy atom. The van der Waals surface area contributed by atoms with E-state index in [1.165, 1.54) is 12.1 Å². The first-order valence-electron chi connectivity index (χ1n) is 5.90. The van der Waals surface area contributed by atoms with E-state index in [2.05, 4.69) is 10.3 Å². The van der Waals surface area contributed by atoms with Gasteiger partial charge in [-0.05, 0) is 20.8 Å². The van der Waals surface area contributed by atoms with Crippen molar-refractivity contribution in [3.8, 4) is 0 Å². The molecule has 0 fully saturated rings. The molecule has 0 spiro atoms. The fourth-order valence-corrected chi connectivity index (χ4v) is 1.99. The zero-order valence-corrected chi connectivity index (χ0v) is 12.6. The minimum atomic E-state index is -0.552. The van der Waals surface area contributed by atoms with Crippen LogP contribution in [0.15, 0.2) is 17.2 Å². The SMILES string of the molecule is CNc1cc([N+](=O)[O-])cc(SCC(=O)OC(C)(C)C)n1. The lowest BCUT2D eigenvalue weighted by Gasteiger charge is -2.19. The lowest BCUT2D eigenvalue weighted by Crippen LogP contribution is -2.24. The predicted molar refractivity (Wildman–Crippen MR) is 77.0 cm³/mol. The number of hydrogen-bond acceptors (Lipinski definition) is 7. The van der Waals surface area contributed by atoms with E-state index >= 15 is 0 Å². The Labute approximate surface area is 121 Å². The first-order chi connectivity index (χ1) is 9.21. The van der Waals surface area contributed by atoms with Crippen molar-refractivity contribution in [2.45, 2.75) is 31.4 Å². The molecule has 0 unspecified atom stereocenters. The average Bonchev–Trinajstić information content (AvgIpc) is 2.33. The average molecular weight is 299 g/mol. The number of anilines is 1. The van der Waals surface area contributed by atoms with E-state index in [1.54, 1.807) is 27.8 Å². The highest BCUT2D eigenvalue weighted by atomic mass is 32.2. The van der Waals surface area contributed by atoms with Gasteiger partial charge in [0.1, 0.15) is 16.4 Å². The van der Waals surface area contributed by atoms with Crippen molar-refractivity contribution in [3.63, 3.8) is 0 Å². The topological polar surface area (TPSA) is 94.4 Å². The zero-order chi connectivity index (χ0) is 15.3. The molecule has 0 radical (unpaired) electrons. The first kappa shape index (κ1) is 16.2. The Morgan fingerprint density at radius 1 is 1.50 bits per heavy atom. The van der Waals surface area contributed by atoms with Crippen molar-refractivity contribution in [2.24, 2.45) is 0 Å².